The Morgan fingerprint density at radius 3 is 3.00 bits per heavy atom. The molecule has 0 amide bonds. The van der Waals surface area contributed by atoms with Crippen LogP contribution in [0.1, 0.15) is 0 Å². The summed E-state index contributed by atoms with van der Waals surface area (Å²) >= 11 is 1.95. The van der Waals surface area contributed by atoms with Crippen molar-refractivity contribution in [3.8, 4) is 0 Å². The lowest BCUT2D eigenvalue weighted by atomic mass is 10.0. The molecule has 1 saturated heterocycles. The van der Waals surface area contributed by atoms with E-state index in [9.17, 15) is 0 Å². The second-order valence-corrected chi connectivity index (χ2v) is 3.95. The standard InChI is InChI=1S/C7H9NS/c8-5-7-4-2-1-3-6(7)9-7/h1-4,6H,5,8H2. The summed E-state index contributed by atoms with van der Waals surface area (Å²) < 4.78 is 0.314. The molecule has 1 fully saturated rings. The Bertz CT molecular complexity index is 185. The first-order chi connectivity index (χ1) is 4.37. The molecular weight excluding hydrogens is 130 g/mol. The van der Waals surface area contributed by atoms with Crippen LogP contribution in [0.5, 0.6) is 0 Å². The monoisotopic (exact) mass is 139 g/mol. The largest absolute Gasteiger partial charge is 0.329 e. The van der Waals surface area contributed by atoms with Crippen LogP contribution in [0.15, 0.2) is 24.3 Å². The second kappa shape index (κ2) is 1.64. The SMILES string of the molecule is NCC12C=CC=CC1S2. The Morgan fingerprint density at radius 1 is 1.56 bits per heavy atom. The maximum Gasteiger partial charge on any atom is 0.0624 e. The van der Waals surface area contributed by atoms with Gasteiger partial charge in [0.2, 0.25) is 0 Å². The van der Waals surface area contributed by atoms with E-state index >= 15 is 0 Å². The molecule has 1 heterocycles. The van der Waals surface area contributed by atoms with Gasteiger partial charge in [-0.05, 0) is 0 Å². The first-order valence-corrected chi connectivity index (χ1v) is 3.99. The number of allylic oxidation sites excluding steroid dienone is 2. The van der Waals surface area contributed by atoms with Gasteiger partial charge in [0.1, 0.15) is 0 Å². The van der Waals surface area contributed by atoms with Crippen molar-refractivity contribution < 1.29 is 0 Å². The molecule has 2 heteroatoms. The van der Waals surface area contributed by atoms with Crippen molar-refractivity contribution in [2.75, 3.05) is 6.54 Å². The van der Waals surface area contributed by atoms with E-state index in [4.69, 9.17) is 5.73 Å². The molecule has 1 aliphatic heterocycles. The van der Waals surface area contributed by atoms with Crippen LogP contribution in [-0.4, -0.2) is 16.5 Å². The predicted molar refractivity (Wildman–Crippen MR) is 41.4 cm³/mol. The van der Waals surface area contributed by atoms with Gasteiger partial charge in [-0.2, -0.15) is 0 Å². The first-order valence-electron chi connectivity index (χ1n) is 3.11. The smallest absolute Gasteiger partial charge is 0.0624 e. The Balaban J connectivity index is 2.23. The predicted octanol–water partition coefficient (Wildman–Crippen LogP) is 0.925. The van der Waals surface area contributed by atoms with E-state index in [0.717, 1.165) is 6.54 Å². The van der Waals surface area contributed by atoms with E-state index in [1.807, 2.05) is 11.8 Å². The van der Waals surface area contributed by atoms with Crippen LogP contribution in [0.2, 0.25) is 0 Å². The third kappa shape index (κ3) is 0.667. The van der Waals surface area contributed by atoms with Gasteiger partial charge in [0.25, 0.3) is 0 Å². The molecule has 0 spiro atoms. The fraction of sp³-hybridized carbons (Fsp3) is 0.429. The zero-order chi connectivity index (χ0) is 6.32. The van der Waals surface area contributed by atoms with E-state index < -0.39 is 0 Å². The maximum absolute atomic E-state index is 5.57. The average Bonchev–Trinajstić information content (AvgIpc) is 2.62. The van der Waals surface area contributed by atoms with Gasteiger partial charge in [-0.15, -0.1) is 11.8 Å². The normalized spacial score (nSPS) is 44.8. The third-order valence-electron chi connectivity index (χ3n) is 1.87. The minimum Gasteiger partial charge on any atom is -0.329 e. The van der Waals surface area contributed by atoms with Gasteiger partial charge in [0.15, 0.2) is 0 Å². The minimum absolute atomic E-state index is 0.314. The summed E-state index contributed by atoms with van der Waals surface area (Å²) in [4.78, 5) is 0. The number of rotatable bonds is 1. The van der Waals surface area contributed by atoms with Crippen LogP contribution >= 0.6 is 11.8 Å². The molecule has 2 atom stereocenters. The molecule has 1 aliphatic carbocycles. The van der Waals surface area contributed by atoms with E-state index in [1.54, 1.807) is 0 Å². The zero-order valence-corrected chi connectivity index (χ0v) is 5.90. The van der Waals surface area contributed by atoms with Crippen molar-refractivity contribution in [2.45, 2.75) is 10.00 Å². The van der Waals surface area contributed by atoms with Crippen LogP contribution in [0.25, 0.3) is 0 Å². The second-order valence-electron chi connectivity index (χ2n) is 2.44. The molecule has 0 saturated carbocycles. The Labute approximate surface area is 59.0 Å². The Kier molecular flexibility index (Phi) is 1.02. The molecule has 1 nitrogen and oxygen atoms in total. The molecule has 2 unspecified atom stereocenters. The van der Waals surface area contributed by atoms with Gasteiger partial charge < -0.3 is 5.73 Å². The fourth-order valence-electron chi connectivity index (χ4n) is 1.15. The third-order valence-corrected chi connectivity index (χ3v) is 3.44. The number of fused-ring (bicyclic) bond motifs is 1. The highest BCUT2D eigenvalue weighted by molar-refractivity contribution is 8.09. The van der Waals surface area contributed by atoms with E-state index in [-0.39, 0.29) is 0 Å². The molecule has 0 radical (unpaired) electrons. The summed E-state index contributed by atoms with van der Waals surface area (Å²) in [5, 5.41) is 0.687. The molecular formula is C7H9NS. The van der Waals surface area contributed by atoms with Crippen LogP contribution < -0.4 is 5.73 Å². The lowest BCUT2D eigenvalue weighted by molar-refractivity contribution is 0.822. The van der Waals surface area contributed by atoms with Crippen molar-refractivity contribution >= 4 is 11.8 Å². The maximum atomic E-state index is 5.57. The Hall–Kier alpha value is -0.210. The summed E-state index contributed by atoms with van der Waals surface area (Å²) in [7, 11) is 0. The Morgan fingerprint density at radius 2 is 2.44 bits per heavy atom. The molecule has 48 valence electrons. The molecule has 2 rings (SSSR count). The molecule has 0 aromatic rings. The first kappa shape index (κ1) is 5.57. The summed E-state index contributed by atoms with van der Waals surface area (Å²) in [6.45, 7) is 0.781. The highest BCUT2D eigenvalue weighted by Crippen LogP contribution is 2.55. The minimum atomic E-state index is 0.314. The lowest BCUT2D eigenvalue weighted by Gasteiger charge is -2.05. The molecule has 2 N–H and O–H groups in total. The quantitative estimate of drug-likeness (QED) is 0.547. The van der Waals surface area contributed by atoms with Gasteiger partial charge >= 0.3 is 0 Å². The summed E-state index contributed by atoms with van der Waals surface area (Å²) in [5.74, 6) is 0. The zero-order valence-electron chi connectivity index (χ0n) is 5.08. The van der Waals surface area contributed by atoms with Crippen molar-refractivity contribution in [1.82, 2.24) is 0 Å². The van der Waals surface area contributed by atoms with Gasteiger partial charge in [0.05, 0.1) is 4.75 Å². The average molecular weight is 139 g/mol. The summed E-state index contributed by atoms with van der Waals surface area (Å²) in [6, 6.07) is 0. The fourth-order valence-corrected chi connectivity index (χ4v) is 2.24. The molecule has 2 aliphatic rings. The van der Waals surface area contributed by atoms with E-state index in [2.05, 4.69) is 24.3 Å². The molecule has 0 aromatic carbocycles. The van der Waals surface area contributed by atoms with E-state index in [0.29, 0.717) is 10.00 Å². The van der Waals surface area contributed by atoms with Gasteiger partial charge in [-0.25, -0.2) is 0 Å². The number of hydrogen-bond acceptors (Lipinski definition) is 2. The van der Waals surface area contributed by atoms with Crippen LogP contribution in [0.3, 0.4) is 0 Å². The highest BCUT2D eigenvalue weighted by atomic mass is 32.2. The molecule has 9 heavy (non-hydrogen) atoms. The van der Waals surface area contributed by atoms with Crippen molar-refractivity contribution in [1.29, 1.82) is 0 Å². The van der Waals surface area contributed by atoms with Crippen molar-refractivity contribution in [2.24, 2.45) is 5.73 Å². The van der Waals surface area contributed by atoms with Gasteiger partial charge in [0, 0.05) is 11.8 Å². The summed E-state index contributed by atoms with van der Waals surface area (Å²) in [5.41, 5.74) is 5.57. The number of nitrogens with two attached hydrogens (primary N) is 1. The molecule has 0 aromatic heterocycles. The topological polar surface area (TPSA) is 26.0 Å². The van der Waals surface area contributed by atoms with Crippen molar-refractivity contribution in [3.05, 3.63) is 24.3 Å². The van der Waals surface area contributed by atoms with Gasteiger partial charge in [-0.3, -0.25) is 0 Å². The van der Waals surface area contributed by atoms with Gasteiger partial charge in [-0.1, -0.05) is 24.3 Å². The highest BCUT2D eigenvalue weighted by Gasteiger charge is 2.51. The van der Waals surface area contributed by atoms with Crippen LogP contribution in [-0.2, 0) is 0 Å². The molecule has 0 bridgehead atoms. The van der Waals surface area contributed by atoms with Crippen LogP contribution in [0, 0.1) is 0 Å². The lowest BCUT2D eigenvalue weighted by Crippen LogP contribution is -2.23. The van der Waals surface area contributed by atoms with Crippen LogP contribution in [0.4, 0.5) is 0 Å². The van der Waals surface area contributed by atoms with E-state index in [1.165, 1.54) is 0 Å². The number of thioether (sulfide) groups is 1. The number of hydrogen-bond donors (Lipinski definition) is 1. The van der Waals surface area contributed by atoms with Crippen molar-refractivity contribution in [3.63, 3.8) is 0 Å². The summed E-state index contributed by atoms with van der Waals surface area (Å²) in [6.07, 6.45) is 8.61.